The van der Waals surface area contributed by atoms with Crippen molar-refractivity contribution in [1.82, 2.24) is 9.88 Å². The SMILES string of the molecule is O=C(Nc1nc2c(s1)CN(C(=O)c1ccccc1)CC2)c1cc(F)ccc1F. The van der Waals surface area contributed by atoms with Gasteiger partial charge in [0.15, 0.2) is 5.13 Å². The highest BCUT2D eigenvalue weighted by Gasteiger charge is 2.25. The van der Waals surface area contributed by atoms with Crippen LogP contribution in [0.15, 0.2) is 48.5 Å². The van der Waals surface area contributed by atoms with Gasteiger partial charge < -0.3 is 4.90 Å². The zero-order valence-electron chi connectivity index (χ0n) is 14.6. The van der Waals surface area contributed by atoms with Crippen LogP contribution in [0, 0.1) is 11.6 Å². The van der Waals surface area contributed by atoms with E-state index in [2.05, 4.69) is 10.3 Å². The maximum atomic E-state index is 13.8. The van der Waals surface area contributed by atoms with E-state index >= 15 is 0 Å². The van der Waals surface area contributed by atoms with Gasteiger partial charge in [0, 0.05) is 23.4 Å². The van der Waals surface area contributed by atoms with Crippen molar-refractivity contribution >= 4 is 28.3 Å². The smallest absolute Gasteiger partial charge is 0.260 e. The summed E-state index contributed by atoms with van der Waals surface area (Å²) in [4.78, 5) is 31.8. The van der Waals surface area contributed by atoms with E-state index in [1.54, 1.807) is 17.0 Å². The molecule has 0 spiro atoms. The number of aromatic nitrogens is 1. The first-order valence-corrected chi connectivity index (χ1v) is 9.42. The summed E-state index contributed by atoms with van der Waals surface area (Å²) in [5.41, 5.74) is 1.04. The molecule has 0 saturated carbocycles. The summed E-state index contributed by atoms with van der Waals surface area (Å²) in [7, 11) is 0. The van der Waals surface area contributed by atoms with Crippen molar-refractivity contribution in [2.24, 2.45) is 0 Å². The Morgan fingerprint density at radius 3 is 2.68 bits per heavy atom. The number of benzene rings is 2. The van der Waals surface area contributed by atoms with Crippen molar-refractivity contribution in [3.63, 3.8) is 0 Å². The Morgan fingerprint density at radius 1 is 1.11 bits per heavy atom. The Hall–Kier alpha value is -3.13. The lowest BCUT2D eigenvalue weighted by Crippen LogP contribution is -2.35. The number of carbonyl (C=O) groups is 2. The van der Waals surface area contributed by atoms with Gasteiger partial charge in [-0.2, -0.15) is 0 Å². The molecule has 0 radical (unpaired) electrons. The van der Waals surface area contributed by atoms with E-state index < -0.39 is 17.5 Å². The Labute approximate surface area is 163 Å². The number of nitrogens with zero attached hydrogens (tertiary/aromatic N) is 2. The zero-order chi connectivity index (χ0) is 19.7. The third-order valence-corrected chi connectivity index (χ3v) is 5.43. The Bertz CT molecular complexity index is 1050. The maximum Gasteiger partial charge on any atom is 0.260 e. The molecule has 2 heterocycles. The molecule has 0 saturated heterocycles. The average molecular weight is 399 g/mol. The summed E-state index contributed by atoms with van der Waals surface area (Å²) in [6, 6.07) is 11.7. The van der Waals surface area contributed by atoms with E-state index in [0.717, 1.165) is 28.8 Å². The Kier molecular flexibility index (Phi) is 4.87. The van der Waals surface area contributed by atoms with Crippen molar-refractivity contribution in [3.8, 4) is 0 Å². The number of hydrogen-bond donors (Lipinski definition) is 1. The second-order valence-electron chi connectivity index (χ2n) is 6.31. The van der Waals surface area contributed by atoms with E-state index in [4.69, 9.17) is 0 Å². The number of hydrogen-bond acceptors (Lipinski definition) is 4. The molecule has 1 N–H and O–H groups in total. The van der Waals surface area contributed by atoms with Gasteiger partial charge in [0.25, 0.3) is 11.8 Å². The van der Waals surface area contributed by atoms with E-state index in [1.807, 2.05) is 18.2 Å². The van der Waals surface area contributed by atoms with Crippen LogP contribution in [0.2, 0.25) is 0 Å². The van der Waals surface area contributed by atoms with E-state index in [-0.39, 0.29) is 11.5 Å². The van der Waals surface area contributed by atoms with Crippen LogP contribution in [-0.2, 0) is 13.0 Å². The summed E-state index contributed by atoms with van der Waals surface area (Å²) in [5.74, 6) is -2.33. The predicted molar refractivity (Wildman–Crippen MR) is 101 cm³/mol. The molecule has 5 nitrogen and oxygen atoms in total. The molecule has 0 unspecified atom stereocenters. The van der Waals surface area contributed by atoms with Gasteiger partial charge in [-0.05, 0) is 30.3 Å². The molecule has 1 aliphatic rings. The zero-order valence-corrected chi connectivity index (χ0v) is 15.4. The highest BCUT2D eigenvalue weighted by molar-refractivity contribution is 7.15. The maximum absolute atomic E-state index is 13.8. The molecule has 2 amide bonds. The highest BCUT2D eigenvalue weighted by atomic mass is 32.1. The first-order valence-electron chi connectivity index (χ1n) is 8.60. The van der Waals surface area contributed by atoms with Gasteiger partial charge >= 0.3 is 0 Å². The monoisotopic (exact) mass is 399 g/mol. The van der Waals surface area contributed by atoms with Gasteiger partial charge in [-0.3, -0.25) is 14.9 Å². The lowest BCUT2D eigenvalue weighted by Gasteiger charge is -2.26. The number of rotatable bonds is 3. The van der Waals surface area contributed by atoms with Gasteiger partial charge in [-0.1, -0.05) is 29.5 Å². The van der Waals surface area contributed by atoms with Crippen LogP contribution in [-0.4, -0.2) is 28.2 Å². The summed E-state index contributed by atoms with van der Waals surface area (Å²) in [6.45, 7) is 0.918. The van der Waals surface area contributed by atoms with Crippen molar-refractivity contribution in [2.75, 3.05) is 11.9 Å². The minimum atomic E-state index is -0.806. The molecule has 0 atom stereocenters. The highest BCUT2D eigenvalue weighted by Crippen LogP contribution is 2.29. The molecular formula is C20H15F2N3O2S. The minimum absolute atomic E-state index is 0.0629. The van der Waals surface area contributed by atoms with Crippen molar-refractivity contribution in [3.05, 3.63) is 81.9 Å². The summed E-state index contributed by atoms with van der Waals surface area (Å²) < 4.78 is 27.1. The normalized spacial score (nSPS) is 13.1. The molecule has 8 heteroatoms. The second-order valence-corrected chi connectivity index (χ2v) is 7.39. The van der Waals surface area contributed by atoms with E-state index in [9.17, 15) is 18.4 Å². The largest absolute Gasteiger partial charge is 0.333 e. The van der Waals surface area contributed by atoms with Crippen molar-refractivity contribution < 1.29 is 18.4 Å². The summed E-state index contributed by atoms with van der Waals surface area (Å²) >= 11 is 1.23. The first kappa shape index (κ1) is 18.2. The van der Waals surface area contributed by atoms with Gasteiger partial charge in [0.2, 0.25) is 0 Å². The first-order chi connectivity index (χ1) is 13.5. The van der Waals surface area contributed by atoms with Gasteiger partial charge in [-0.25, -0.2) is 13.8 Å². The number of carbonyl (C=O) groups excluding carboxylic acids is 2. The van der Waals surface area contributed by atoms with Gasteiger partial charge in [-0.15, -0.1) is 0 Å². The molecule has 142 valence electrons. The van der Waals surface area contributed by atoms with Crippen LogP contribution in [0.3, 0.4) is 0 Å². The van der Waals surface area contributed by atoms with Crippen molar-refractivity contribution in [2.45, 2.75) is 13.0 Å². The molecule has 0 fully saturated rings. The number of fused-ring (bicyclic) bond motifs is 1. The Balaban J connectivity index is 1.49. The van der Waals surface area contributed by atoms with Crippen LogP contribution in [0.5, 0.6) is 0 Å². The van der Waals surface area contributed by atoms with Crippen molar-refractivity contribution in [1.29, 1.82) is 0 Å². The van der Waals surface area contributed by atoms with E-state index in [1.165, 1.54) is 11.3 Å². The fourth-order valence-electron chi connectivity index (χ4n) is 3.02. The number of thiazole rings is 1. The third kappa shape index (κ3) is 3.63. The van der Waals surface area contributed by atoms with Crippen LogP contribution < -0.4 is 5.32 Å². The summed E-state index contributed by atoms with van der Waals surface area (Å²) in [6.07, 6.45) is 0.564. The lowest BCUT2D eigenvalue weighted by molar-refractivity contribution is 0.0736. The standard InChI is InChI=1S/C20H15F2N3O2S/c21-13-6-7-15(22)14(10-13)18(26)24-20-23-16-8-9-25(11-17(16)28-20)19(27)12-4-2-1-3-5-12/h1-7,10H,8-9,11H2,(H,23,24,26). The Morgan fingerprint density at radius 2 is 1.89 bits per heavy atom. The molecule has 1 aliphatic heterocycles. The fourth-order valence-corrected chi connectivity index (χ4v) is 4.04. The number of halogens is 2. The topological polar surface area (TPSA) is 62.3 Å². The predicted octanol–water partition coefficient (Wildman–Crippen LogP) is 3.87. The fraction of sp³-hybridized carbons (Fsp3) is 0.150. The third-order valence-electron chi connectivity index (χ3n) is 4.43. The molecular weight excluding hydrogens is 384 g/mol. The summed E-state index contributed by atoms with van der Waals surface area (Å²) in [5, 5.41) is 2.82. The number of anilines is 1. The molecule has 2 aromatic carbocycles. The minimum Gasteiger partial charge on any atom is -0.333 e. The van der Waals surface area contributed by atoms with Crippen LogP contribution >= 0.6 is 11.3 Å². The molecule has 4 rings (SSSR count). The molecule has 0 bridgehead atoms. The van der Waals surface area contributed by atoms with Crippen LogP contribution in [0.1, 0.15) is 31.3 Å². The number of nitrogens with one attached hydrogen (secondary N) is 1. The van der Waals surface area contributed by atoms with E-state index in [0.29, 0.717) is 30.2 Å². The lowest BCUT2D eigenvalue weighted by atomic mass is 10.1. The van der Waals surface area contributed by atoms with Gasteiger partial charge in [0.05, 0.1) is 17.8 Å². The molecule has 1 aromatic heterocycles. The van der Waals surface area contributed by atoms with Gasteiger partial charge in [0.1, 0.15) is 11.6 Å². The molecule has 0 aliphatic carbocycles. The molecule has 3 aromatic rings. The second kappa shape index (κ2) is 7.47. The van der Waals surface area contributed by atoms with Crippen LogP contribution in [0.4, 0.5) is 13.9 Å². The quantitative estimate of drug-likeness (QED) is 0.727. The average Bonchev–Trinajstić information content (AvgIpc) is 3.11. The molecule has 28 heavy (non-hydrogen) atoms. The number of amides is 2. The van der Waals surface area contributed by atoms with Crippen LogP contribution in [0.25, 0.3) is 0 Å².